The van der Waals surface area contributed by atoms with E-state index in [2.05, 4.69) is 39.6 Å². The highest BCUT2D eigenvalue weighted by molar-refractivity contribution is 7.98. The van der Waals surface area contributed by atoms with Gasteiger partial charge in [-0.15, -0.1) is 10.2 Å². The van der Waals surface area contributed by atoms with Crippen LogP contribution >= 0.6 is 23.1 Å². The van der Waals surface area contributed by atoms with Gasteiger partial charge in [0, 0.05) is 0 Å². The van der Waals surface area contributed by atoms with Crippen molar-refractivity contribution in [2.75, 3.05) is 12.9 Å². The molecule has 2 aromatic carbocycles. The lowest BCUT2D eigenvalue weighted by Gasteiger charge is -2.08. The molecule has 4 rings (SSSR count). The quantitative estimate of drug-likeness (QED) is 0.383. The number of fused-ring (bicyclic) bond motifs is 1. The first kappa shape index (κ1) is 18.8. The summed E-state index contributed by atoms with van der Waals surface area (Å²) < 4.78 is 13.0. The van der Waals surface area contributed by atoms with Crippen molar-refractivity contribution in [2.45, 2.75) is 18.8 Å². The van der Waals surface area contributed by atoms with Crippen LogP contribution in [0.4, 0.5) is 0 Å². The van der Waals surface area contributed by atoms with Crippen molar-refractivity contribution in [1.29, 1.82) is 0 Å². The molecule has 144 valence electrons. The second-order valence-corrected chi connectivity index (χ2v) is 8.18. The Bertz CT molecular complexity index is 1030. The van der Waals surface area contributed by atoms with Crippen LogP contribution in [0.2, 0.25) is 0 Å². The summed E-state index contributed by atoms with van der Waals surface area (Å²) in [6.07, 6.45) is 1.04. The lowest BCUT2D eigenvalue weighted by atomic mass is 10.2. The monoisotopic (exact) mass is 412 g/mol. The third-order valence-electron chi connectivity index (χ3n) is 4.13. The third kappa shape index (κ3) is 4.45. The van der Waals surface area contributed by atoms with Crippen molar-refractivity contribution in [2.24, 2.45) is 0 Å². The maximum atomic E-state index is 5.86. The zero-order chi connectivity index (χ0) is 19.2. The number of benzene rings is 2. The summed E-state index contributed by atoms with van der Waals surface area (Å²) in [5, 5.41) is 14.0. The summed E-state index contributed by atoms with van der Waals surface area (Å²) in [5.41, 5.74) is 1.35. The average molecular weight is 413 g/mol. The van der Waals surface area contributed by atoms with E-state index in [0.717, 1.165) is 33.7 Å². The van der Waals surface area contributed by atoms with Crippen LogP contribution in [0.3, 0.4) is 0 Å². The zero-order valence-corrected chi connectivity index (χ0v) is 17.1. The summed E-state index contributed by atoms with van der Waals surface area (Å²) in [6, 6.07) is 18.1. The molecule has 0 saturated carbocycles. The van der Waals surface area contributed by atoms with E-state index in [1.54, 1.807) is 7.11 Å². The minimum Gasteiger partial charge on any atom is -0.493 e. The highest BCUT2D eigenvalue weighted by Gasteiger charge is 2.13. The number of aryl methyl sites for hydroxylation is 1. The molecule has 2 aromatic heterocycles. The van der Waals surface area contributed by atoms with E-state index in [1.807, 2.05) is 46.6 Å². The number of rotatable bonds is 9. The lowest BCUT2D eigenvalue weighted by molar-refractivity contribution is 0.283. The van der Waals surface area contributed by atoms with Crippen molar-refractivity contribution in [3.8, 4) is 11.5 Å². The van der Waals surface area contributed by atoms with E-state index in [-0.39, 0.29) is 0 Å². The summed E-state index contributed by atoms with van der Waals surface area (Å²) >= 11 is 3.33. The molecule has 8 heteroatoms. The van der Waals surface area contributed by atoms with E-state index >= 15 is 0 Å². The van der Waals surface area contributed by atoms with Crippen LogP contribution in [0, 0.1) is 0 Å². The maximum Gasteiger partial charge on any atom is 0.234 e. The molecule has 0 bridgehead atoms. The van der Waals surface area contributed by atoms with Crippen molar-refractivity contribution >= 4 is 28.1 Å². The Morgan fingerprint density at radius 1 is 1.00 bits per heavy atom. The molecule has 0 aliphatic carbocycles. The second kappa shape index (κ2) is 9.07. The predicted molar refractivity (Wildman–Crippen MR) is 112 cm³/mol. The van der Waals surface area contributed by atoms with Gasteiger partial charge in [0.15, 0.2) is 22.3 Å². The van der Waals surface area contributed by atoms with Crippen molar-refractivity contribution in [3.05, 3.63) is 71.0 Å². The molecule has 0 atom stereocenters. The number of ether oxygens (including phenoxy) is 2. The summed E-state index contributed by atoms with van der Waals surface area (Å²) in [7, 11) is 1.63. The standard InChI is InChI=1S/C20H20N4O2S2/c1-25-16-9-5-6-10-17(16)26-13-19-23-24-18(21-22-20(24)28-19)14-27-12-11-15-7-3-2-4-8-15/h2-10H,11-14H2,1H3. The number of thioether (sulfide) groups is 1. The predicted octanol–water partition coefficient (Wildman–Crippen LogP) is 4.25. The molecular weight excluding hydrogens is 392 g/mol. The summed E-state index contributed by atoms with van der Waals surface area (Å²) in [4.78, 5) is 0.789. The molecule has 2 heterocycles. The first-order valence-electron chi connectivity index (χ1n) is 8.91. The number of hydrogen-bond acceptors (Lipinski definition) is 7. The molecule has 0 amide bonds. The van der Waals surface area contributed by atoms with Gasteiger partial charge in [0.25, 0.3) is 0 Å². The van der Waals surface area contributed by atoms with Crippen molar-refractivity contribution < 1.29 is 9.47 Å². The van der Waals surface area contributed by atoms with E-state index < -0.39 is 0 Å². The first-order valence-corrected chi connectivity index (χ1v) is 10.9. The number of para-hydroxylation sites is 2. The van der Waals surface area contributed by atoms with Gasteiger partial charge in [-0.2, -0.15) is 21.4 Å². The van der Waals surface area contributed by atoms with Gasteiger partial charge in [0.1, 0.15) is 6.61 Å². The molecule has 0 aliphatic rings. The van der Waals surface area contributed by atoms with Crippen LogP contribution in [0.25, 0.3) is 4.96 Å². The molecule has 0 aliphatic heterocycles. The number of hydrogen-bond donors (Lipinski definition) is 0. The van der Waals surface area contributed by atoms with E-state index in [0.29, 0.717) is 18.1 Å². The van der Waals surface area contributed by atoms with Crippen LogP contribution in [0.5, 0.6) is 11.5 Å². The van der Waals surface area contributed by atoms with Crippen molar-refractivity contribution in [3.63, 3.8) is 0 Å². The van der Waals surface area contributed by atoms with Crippen molar-refractivity contribution in [1.82, 2.24) is 19.8 Å². The smallest absolute Gasteiger partial charge is 0.234 e. The number of nitrogens with zero attached hydrogens (tertiary/aromatic N) is 4. The van der Waals surface area contributed by atoms with Gasteiger partial charge in [0.2, 0.25) is 4.96 Å². The van der Waals surface area contributed by atoms with Crippen LogP contribution in [-0.4, -0.2) is 32.7 Å². The topological polar surface area (TPSA) is 61.5 Å². The Labute approximate surface area is 171 Å². The van der Waals surface area contributed by atoms with E-state index in [1.165, 1.54) is 16.9 Å². The summed E-state index contributed by atoms with van der Waals surface area (Å²) in [6.45, 7) is 0.370. The number of aromatic nitrogens is 4. The highest BCUT2D eigenvalue weighted by Crippen LogP contribution is 2.27. The molecule has 28 heavy (non-hydrogen) atoms. The Hall–Kier alpha value is -2.58. The third-order valence-corrected chi connectivity index (χ3v) is 5.95. The average Bonchev–Trinajstić information content (AvgIpc) is 3.31. The summed E-state index contributed by atoms with van der Waals surface area (Å²) in [5.74, 6) is 4.10. The van der Waals surface area contributed by atoms with E-state index in [9.17, 15) is 0 Å². The highest BCUT2D eigenvalue weighted by atomic mass is 32.2. The molecule has 0 radical (unpaired) electrons. The number of methoxy groups -OCH3 is 1. The van der Waals surface area contributed by atoms with Crippen LogP contribution in [0.15, 0.2) is 54.6 Å². The molecule has 0 unspecified atom stereocenters. The van der Waals surface area contributed by atoms with Gasteiger partial charge < -0.3 is 9.47 Å². The molecule has 0 N–H and O–H groups in total. The SMILES string of the molecule is COc1ccccc1OCc1nn2c(CSCCc3ccccc3)nnc2s1. The van der Waals surface area contributed by atoms with Gasteiger partial charge in [-0.1, -0.05) is 53.8 Å². The van der Waals surface area contributed by atoms with E-state index in [4.69, 9.17) is 9.47 Å². The largest absolute Gasteiger partial charge is 0.493 e. The Kier molecular flexibility index (Phi) is 6.08. The molecule has 0 spiro atoms. The van der Waals surface area contributed by atoms with Gasteiger partial charge >= 0.3 is 0 Å². The molecule has 4 aromatic rings. The fourth-order valence-electron chi connectivity index (χ4n) is 2.72. The Morgan fingerprint density at radius 2 is 1.79 bits per heavy atom. The molecule has 0 fully saturated rings. The minimum absolute atomic E-state index is 0.370. The van der Waals surface area contributed by atoms with Gasteiger partial charge in [-0.25, -0.2) is 0 Å². The second-order valence-electron chi connectivity index (χ2n) is 6.03. The van der Waals surface area contributed by atoms with Gasteiger partial charge in [-0.3, -0.25) is 0 Å². The Balaban J connectivity index is 1.34. The zero-order valence-electron chi connectivity index (χ0n) is 15.4. The lowest BCUT2D eigenvalue weighted by Crippen LogP contribution is -2.00. The van der Waals surface area contributed by atoms with Gasteiger partial charge in [-0.05, 0) is 29.9 Å². The van der Waals surface area contributed by atoms with Gasteiger partial charge in [0.05, 0.1) is 12.9 Å². The molecule has 0 saturated heterocycles. The van der Waals surface area contributed by atoms with Crippen LogP contribution < -0.4 is 9.47 Å². The normalized spacial score (nSPS) is 11.0. The minimum atomic E-state index is 0.370. The first-order chi connectivity index (χ1) is 13.8. The fraction of sp³-hybridized carbons (Fsp3) is 0.250. The fourth-order valence-corrected chi connectivity index (χ4v) is 4.37. The van der Waals surface area contributed by atoms with Crippen LogP contribution in [0.1, 0.15) is 16.4 Å². The maximum absolute atomic E-state index is 5.86. The Morgan fingerprint density at radius 3 is 2.61 bits per heavy atom. The molecular formula is C20H20N4O2S2. The molecule has 6 nitrogen and oxygen atoms in total. The van der Waals surface area contributed by atoms with Crippen LogP contribution in [-0.2, 0) is 18.8 Å².